The highest BCUT2D eigenvalue weighted by atomic mass is 35.5. The summed E-state index contributed by atoms with van der Waals surface area (Å²) in [4.78, 5) is 0. The van der Waals surface area contributed by atoms with Gasteiger partial charge < -0.3 is 14.5 Å². The van der Waals surface area contributed by atoms with E-state index in [4.69, 9.17) is 20.8 Å². The minimum Gasteiger partial charge on any atom is -0.496 e. The van der Waals surface area contributed by atoms with Crippen molar-refractivity contribution in [3.05, 3.63) is 65.0 Å². The van der Waals surface area contributed by atoms with Gasteiger partial charge in [0.15, 0.2) is 0 Å². The average molecular weight is 344 g/mol. The molecule has 0 fully saturated rings. The fourth-order valence-electron chi connectivity index (χ4n) is 2.39. The number of ether oxygens (including phenoxy) is 1. The quantitative estimate of drug-likeness (QED) is 0.662. The van der Waals surface area contributed by atoms with Crippen LogP contribution >= 0.6 is 11.6 Å². The molecule has 124 valence electrons. The molecule has 3 rings (SSSR count). The predicted octanol–water partition coefficient (Wildman–Crippen LogP) is 3.73. The van der Waals surface area contributed by atoms with E-state index in [0.717, 1.165) is 29.8 Å². The van der Waals surface area contributed by atoms with Crippen molar-refractivity contribution < 1.29 is 9.15 Å². The number of aromatic nitrogens is 2. The van der Waals surface area contributed by atoms with Crippen molar-refractivity contribution in [2.75, 3.05) is 13.7 Å². The van der Waals surface area contributed by atoms with Crippen LogP contribution in [-0.4, -0.2) is 23.9 Å². The van der Waals surface area contributed by atoms with E-state index in [1.54, 1.807) is 13.2 Å². The van der Waals surface area contributed by atoms with E-state index in [-0.39, 0.29) is 0 Å². The Hall–Kier alpha value is -2.37. The normalized spacial score (nSPS) is 10.8. The molecule has 1 N–H and O–H groups in total. The molecular weight excluding hydrogens is 326 g/mol. The molecule has 0 aliphatic rings. The van der Waals surface area contributed by atoms with Gasteiger partial charge in [-0.15, -0.1) is 10.2 Å². The lowest BCUT2D eigenvalue weighted by atomic mass is 10.1. The van der Waals surface area contributed by atoms with E-state index in [1.807, 2.05) is 36.4 Å². The van der Waals surface area contributed by atoms with Gasteiger partial charge in [-0.1, -0.05) is 35.9 Å². The first kappa shape index (κ1) is 16.5. The number of rotatable bonds is 7. The summed E-state index contributed by atoms with van der Waals surface area (Å²) >= 11 is 5.97. The SMILES string of the molecule is COc1ccccc1CCNCc1nnc(-c2cccc(Cl)c2)o1. The average Bonchev–Trinajstić information content (AvgIpc) is 3.08. The fraction of sp³-hybridized carbons (Fsp3) is 0.222. The molecule has 2 aromatic carbocycles. The first-order valence-electron chi connectivity index (χ1n) is 7.67. The summed E-state index contributed by atoms with van der Waals surface area (Å²) in [5.74, 6) is 1.92. The maximum absolute atomic E-state index is 5.97. The first-order chi connectivity index (χ1) is 11.8. The van der Waals surface area contributed by atoms with E-state index < -0.39 is 0 Å². The number of halogens is 1. The van der Waals surface area contributed by atoms with Crippen LogP contribution in [0.1, 0.15) is 11.5 Å². The maximum Gasteiger partial charge on any atom is 0.247 e. The lowest BCUT2D eigenvalue weighted by Gasteiger charge is -2.08. The highest BCUT2D eigenvalue weighted by molar-refractivity contribution is 6.30. The highest BCUT2D eigenvalue weighted by Gasteiger charge is 2.08. The lowest BCUT2D eigenvalue weighted by Crippen LogP contribution is -2.17. The van der Waals surface area contributed by atoms with Crippen molar-refractivity contribution in [2.24, 2.45) is 0 Å². The summed E-state index contributed by atoms with van der Waals surface area (Å²) in [7, 11) is 1.68. The van der Waals surface area contributed by atoms with Crippen molar-refractivity contribution in [3.63, 3.8) is 0 Å². The van der Waals surface area contributed by atoms with E-state index in [9.17, 15) is 0 Å². The number of hydrogen-bond acceptors (Lipinski definition) is 5. The Balaban J connectivity index is 1.53. The van der Waals surface area contributed by atoms with Crippen LogP contribution in [0.2, 0.25) is 5.02 Å². The number of nitrogens with zero attached hydrogens (tertiary/aromatic N) is 2. The number of methoxy groups -OCH3 is 1. The van der Waals surface area contributed by atoms with E-state index >= 15 is 0 Å². The number of benzene rings is 2. The Bertz CT molecular complexity index is 804. The molecule has 0 atom stereocenters. The van der Waals surface area contributed by atoms with Gasteiger partial charge in [-0.3, -0.25) is 0 Å². The van der Waals surface area contributed by atoms with Crippen LogP contribution in [0.4, 0.5) is 0 Å². The van der Waals surface area contributed by atoms with Crippen molar-refractivity contribution in [2.45, 2.75) is 13.0 Å². The first-order valence-corrected chi connectivity index (χ1v) is 8.05. The zero-order valence-electron chi connectivity index (χ0n) is 13.3. The van der Waals surface area contributed by atoms with Gasteiger partial charge in [-0.2, -0.15) is 0 Å². The maximum atomic E-state index is 5.97. The van der Waals surface area contributed by atoms with E-state index in [2.05, 4.69) is 21.6 Å². The third kappa shape index (κ3) is 4.13. The van der Waals surface area contributed by atoms with Gasteiger partial charge in [-0.25, -0.2) is 0 Å². The Kier molecular flexibility index (Phi) is 5.46. The van der Waals surface area contributed by atoms with Crippen LogP contribution in [0, 0.1) is 0 Å². The second-order valence-electron chi connectivity index (χ2n) is 5.25. The second kappa shape index (κ2) is 7.95. The molecule has 0 bridgehead atoms. The van der Waals surface area contributed by atoms with Crippen molar-refractivity contribution in [1.82, 2.24) is 15.5 Å². The summed E-state index contributed by atoms with van der Waals surface area (Å²) < 4.78 is 11.0. The summed E-state index contributed by atoms with van der Waals surface area (Å²) in [5.41, 5.74) is 1.98. The van der Waals surface area contributed by atoms with Gasteiger partial charge in [0, 0.05) is 10.6 Å². The molecule has 0 aliphatic carbocycles. The van der Waals surface area contributed by atoms with Crippen LogP contribution in [0.3, 0.4) is 0 Å². The van der Waals surface area contributed by atoms with Gasteiger partial charge >= 0.3 is 0 Å². The van der Waals surface area contributed by atoms with Gasteiger partial charge in [-0.05, 0) is 42.8 Å². The molecule has 0 radical (unpaired) electrons. The fourth-order valence-corrected chi connectivity index (χ4v) is 2.58. The Morgan fingerprint density at radius 2 is 2.00 bits per heavy atom. The summed E-state index contributed by atoms with van der Waals surface area (Å²) in [6.45, 7) is 1.30. The molecule has 1 aromatic heterocycles. The number of hydrogen-bond donors (Lipinski definition) is 1. The van der Waals surface area contributed by atoms with Crippen LogP contribution in [0.15, 0.2) is 52.9 Å². The Morgan fingerprint density at radius 3 is 2.83 bits per heavy atom. The van der Waals surface area contributed by atoms with Crippen LogP contribution in [0.25, 0.3) is 11.5 Å². The van der Waals surface area contributed by atoms with Crippen LogP contribution < -0.4 is 10.1 Å². The zero-order chi connectivity index (χ0) is 16.8. The molecule has 0 amide bonds. The minimum absolute atomic E-state index is 0.471. The molecule has 0 spiro atoms. The van der Waals surface area contributed by atoms with Crippen molar-refractivity contribution in [3.8, 4) is 17.2 Å². The van der Waals surface area contributed by atoms with Crippen molar-refractivity contribution >= 4 is 11.6 Å². The van der Waals surface area contributed by atoms with Gasteiger partial charge in [0.2, 0.25) is 11.8 Å². The van der Waals surface area contributed by atoms with E-state index in [1.165, 1.54) is 0 Å². The highest BCUT2D eigenvalue weighted by Crippen LogP contribution is 2.21. The summed E-state index contributed by atoms with van der Waals surface area (Å²) in [5, 5.41) is 12.1. The molecule has 0 aliphatic heterocycles. The lowest BCUT2D eigenvalue weighted by molar-refractivity contribution is 0.408. The monoisotopic (exact) mass is 343 g/mol. The smallest absolute Gasteiger partial charge is 0.247 e. The molecule has 1 heterocycles. The Morgan fingerprint density at radius 1 is 1.12 bits per heavy atom. The standard InChI is InChI=1S/C18H18ClN3O2/c1-23-16-8-3-2-5-13(16)9-10-20-12-17-21-22-18(24-17)14-6-4-7-15(19)11-14/h2-8,11,20H,9-10,12H2,1H3. The van der Waals surface area contributed by atoms with Crippen LogP contribution in [-0.2, 0) is 13.0 Å². The molecule has 3 aromatic rings. The molecular formula is C18H18ClN3O2. The molecule has 6 heteroatoms. The number of para-hydroxylation sites is 1. The molecule has 0 saturated carbocycles. The van der Waals surface area contributed by atoms with Crippen molar-refractivity contribution in [1.29, 1.82) is 0 Å². The molecule has 5 nitrogen and oxygen atoms in total. The zero-order valence-corrected chi connectivity index (χ0v) is 14.1. The molecule has 0 saturated heterocycles. The van der Waals surface area contributed by atoms with Gasteiger partial charge in [0.25, 0.3) is 0 Å². The largest absolute Gasteiger partial charge is 0.496 e. The minimum atomic E-state index is 0.471. The Labute approximate surface area is 145 Å². The molecule has 0 unspecified atom stereocenters. The second-order valence-corrected chi connectivity index (χ2v) is 5.69. The number of nitrogens with one attached hydrogen (secondary N) is 1. The topological polar surface area (TPSA) is 60.2 Å². The summed E-state index contributed by atoms with van der Waals surface area (Å²) in [6.07, 6.45) is 0.860. The predicted molar refractivity (Wildman–Crippen MR) is 93.1 cm³/mol. The van der Waals surface area contributed by atoms with Crippen LogP contribution in [0.5, 0.6) is 5.75 Å². The van der Waals surface area contributed by atoms with Gasteiger partial charge in [0.1, 0.15) is 5.75 Å². The molecule has 24 heavy (non-hydrogen) atoms. The third-order valence-corrected chi connectivity index (χ3v) is 3.81. The van der Waals surface area contributed by atoms with E-state index in [0.29, 0.717) is 23.3 Å². The van der Waals surface area contributed by atoms with Gasteiger partial charge in [0.05, 0.1) is 13.7 Å². The third-order valence-electron chi connectivity index (χ3n) is 3.58. The summed E-state index contributed by atoms with van der Waals surface area (Å²) in [6, 6.07) is 15.3.